The van der Waals surface area contributed by atoms with E-state index in [2.05, 4.69) is 10.1 Å². The molecular weight excluding hydrogens is 342 g/mol. The molecule has 0 aliphatic carbocycles. The fraction of sp³-hybridized carbons (Fsp3) is 0.133. The summed E-state index contributed by atoms with van der Waals surface area (Å²) in [5.74, 6) is -0.597. The zero-order valence-corrected chi connectivity index (χ0v) is 13.1. The first-order chi connectivity index (χ1) is 11.3. The quantitative estimate of drug-likeness (QED) is 0.825. The second-order valence-electron chi connectivity index (χ2n) is 4.78. The van der Waals surface area contributed by atoms with Crippen molar-refractivity contribution < 1.29 is 26.7 Å². The summed E-state index contributed by atoms with van der Waals surface area (Å²) in [6.07, 6.45) is 0. The number of benzene rings is 2. The van der Waals surface area contributed by atoms with Gasteiger partial charge in [0.1, 0.15) is 5.75 Å². The molecule has 2 aromatic rings. The highest BCUT2D eigenvalue weighted by molar-refractivity contribution is 7.89. The number of hydrogen-bond acceptors (Lipinski definition) is 4. The highest BCUT2D eigenvalue weighted by Gasteiger charge is 2.10. The van der Waals surface area contributed by atoms with Crippen molar-refractivity contribution in [3.8, 4) is 5.75 Å². The van der Waals surface area contributed by atoms with Gasteiger partial charge in [0.2, 0.25) is 10.0 Å². The van der Waals surface area contributed by atoms with E-state index in [4.69, 9.17) is 5.14 Å². The minimum absolute atomic E-state index is 0.0329. The number of alkyl halides is 2. The molecule has 0 aliphatic rings. The van der Waals surface area contributed by atoms with Crippen LogP contribution in [0.4, 0.5) is 8.78 Å². The number of sulfonamides is 1. The number of halogens is 2. The molecule has 0 atom stereocenters. The Hall–Kier alpha value is -2.52. The Balaban J connectivity index is 2.00. The maximum Gasteiger partial charge on any atom is 0.387 e. The molecule has 0 fully saturated rings. The third kappa shape index (κ3) is 5.00. The molecule has 128 valence electrons. The molecule has 2 rings (SSSR count). The van der Waals surface area contributed by atoms with Gasteiger partial charge in [0, 0.05) is 12.1 Å². The molecule has 9 heteroatoms. The summed E-state index contributed by atoms with van der Waals surface area (Å²) in [6, 6.07) is 11.1. The average molecular weight is 356 g/mol. The van der Waals surface area contributed by atoms with Gasteiger partial charge in [-0.25, -0.2) is 13.6 Å². The summed E-state index contributed by atoms with van der Waals surface area (Å²) in [4.78, 5) is 12.0. The first-order valence-electron chi connectivity index (χ1n) is 6.70. The summed E-state index contributed by atoms with van der Waals surface area (Å²) in [6.45, 7) is -2.84. The highest BCUT2D eigenvalue weighted by Crippen LogP contribution is 2.16. The van der Waals surface area contributed by atoms with Crippen molar-refractivity contribution in [3.05, 3.63) is 59.7 Å². The minimum atomic E-state index is -3.77. The molecule has 0 bridgehead atoms. The molecule has 0 saturated carbocycles. The lowest BCUT2D eigenvalue weighted by molar-refractivity contribution is -0.0498. The number of nitrogens with two attached hydrogens (primary N) is 1. The Morgan fingerprint density at radius 2 is 1.83 bits per heavy atom. The lowest BCUT2D eigenvalue weighted by Crippen LogP contribution is -2.23. The van der Waals surface area contributed by atoms with Crippen LogP contribution in [0.15, 0.2) is 53.4 Å². The van der Waals surface area contributed by atoms with E-state index in [9.17, 15) is 22.0 Å². The smallest absolute Gasteiger partial charge is 0.387 e. The van der Waals surface area contributed by atoms with Crippen molar-refractivity contribution in [1.29, 1.82) is 0 Å². The van der Waals surface area contributed by atoms with Crippen LogP contribution in [0.2, 0.25) is 0 Å². The van der Waals surface area contributed by atoms with E-state index in [-0.39, 0.29) is 22.8 Å². The SMILES string of the molecule is NS(=O)(=O)c1ccc(CNC(=O)c2cccc(OC(F)F)c2)cc1. The van der Waals surface area contributed by atoms with Crippen LogP contribution in [0, 0.1) is 0 Å². The Morgan fingerprint density at radius 3 is 2.42 bits per heavy atom. The van der Waals surface area contributed by atoms with Gasteiger partial charge in [-0.1, -0.05) is 18.2 Å². The van der Waals surface area contributed by atoms with Crippen molar-refractivity contribution in [3.63, 3.8) is 0 Å². The first kappa shape index (κ1) is 17.8. The van der Waals surface area contributed by atoms with Gasteiger partial charge in [-0.2, -0.15) is 8.78 Å². The summed E-state index contributed by atoms with van der Waals surface area (Å²) in [7, 11) is -3.77. The molecular formula is C15H14F2N2O4S. The van der Waals surface area contributed by atoms with Gasteiger partial charge in [0.05, 0.1) is 4.90 Å². The second-order valence-corrected chi connectivity index (χ2v) is 6.34. The summed E-state index contributed by atoms with van der Waals surface area (Å²) < 4.78 is 50.9. The molecule has 0 radical (unpaired) electrons. The predicted molar refractivity (Wildman–Crippen MR) is 82.1 cm³/mol. The number of hydrogen-bond donors (Lipinski definition) is 2. The third-order valence-electron chi connectivity index (χ3n) is 3.03. The fourth-order valence-corrected chi connectivity index (χ4v) is 2.41. The summed E-state index contributed by atoms with van der Waals surface area (Å²) >= 11 is 0. The first-order valence-corrected chi connectivity index (χ1v) is 8.25. The summed E-state index contributed by atoms with van der Waals surface area (Å²) in [5.41, 5.74) is 0.810. The molecule has 0 spiro atoms. The van der Waals surface area contributed by atoms with Crippen LogP contribution >= 0.6 is 0 Å². The van der Waals surface area contributed by atoms with Gasteiger partial charge in [-0.05, 0) is 35.9 Å². The zero-order valence-electron chi connectivity index (χ0n) is 12.3. The number of ether oxygens (including phenoxy) is 1. The Kier molecular flexibility index (Phi) is 5.47. The maximum absolute atomic E-state index is 12.2. The van der Waals surface area contributed by atoms with Gasteiger partial charge in [0.15, 0.2) is 0 Å². The molecule has 0 unspecified atom stereocenters. The van der Waals surface area contributed by atoms with E-state index in [1.165, 1.54) is 48.5 Å². The van der Waals surface area contributed by atoms with E-state index in [0.717, 1.165) is 0 Å². The third-order valence-corrected chi connectivity index (χ3v) is 3.96. The number of carbonyl (C=O) groups excluding carboxylic acids is 1. The van der Waals surface area contributed by atoms with E-state index >= 15 is 0 Å². The number of primary sulfonamides is 1. The molecule has 24 heavy (non-hydrogen) atoms. The monoisotopic (exact) mass is 356 g/mol. The second kappa shape index (κ2) is 7.37. The van der Waals surface area contributed by atoms with Crippen LogP contribution in [0.1, 0.15) is 15.9 Å². The van der Waals surface area contributed by atoms with E-state index < -0.39 is 22.5 Å². The van der Waals surface area contributed by atoms with Crippen LogP contribution in [-0.2, 0) is 16.6 Å². The van der Waals surface area contributed by atoms with Crippen molar-refractivity contribution in [2.75, 3.05) is 0 Å². The molecule has 3 N–H and O–H groups in total. The van der Waals surface area contributed by atoms with Crippen molar-refractivity contribution in [1.82, 2.24) is 5.32 Å². The lowest BCUT2D eigenvalue weighted by Gasteiger charge is -2.08. The number of carbonyl (C=O) groups is 1. The molecule has 0 aromatic heterocycles. The number of nitrogens with one attached hydrogen (secondary N) is 1. The van der Waals surface area contributed by atoms with Crippen LogP contribution in [0.25, 0.3) is 0 Å². The van der Waals surface area contributed by atoms with Gasteiger partial charge in [-0.15, -0.1) is 0 Å². The maximum atomic E-state index is 12.2. The van der Waals surface area contributed by atoms with Crippen molar-refractivity contribution in [2.24, 2.45) is 5.14 Å². The van der Waals surface area contributed by atoms with Crippen LogP contribution in [0.5, 0.6) is 5.75 Å². The molecule has 1 amide bonds. The Labute approximate surface area is 137 Å². The molecule has 2 aromatic carbocycles. The van der Waals surface area contributed by atoms with Gasteiger partial charge >= 0.3 is 6.61 Å². The Morgan fingerprint density at radius 1 is 1.17 bits per heavy atom. The van der Waals surface area contributed by atoms with E-state index in [0.29, 0.717) is 5.56 Å². The van der Waals surface area contributed by atoms with E-state index in [1.54, 1.807) is 0 Å². The molecule has 0 aliphatic heterocycles. The number of amides is 1. The normalized spacial score (nSPS) is 11.3. The van der Waals surface area contributed by atoms with Crippen molar-refractivity contribution in [2.45, 2.75) is 18.1 Å². The zero-order chi connectivity index (χ0) is 17.7. The lowest BCUT2D eigenvalue weighted by atomic mass is 10.2. The standard InChI is InChI=1S/C15H14F2N2O4S/c16-15(17)23-12-3-1-2-11(8-12)14(20)19-9-10-4-6-13(7-5-10)24(18,21)22/h1-8,15H,9H2,(H,19,20)(H2,18,21,22). The molecule has 6 nitrogen and oxygen atoms in total. The largest absolute Gasteiger partial charge is 0.435 e. The summed E-state index contributed by atoms with van der Waals surface area (Å²) in [5, 5.41) is 7.58. The van der Waals surface area contributed by atoms with Gasteiger partial charge < -0.3 is 10.1 Å². The van der Waals surface area contributed by atoms with Crippen LogP contribution < -0.4 is 15.2 Å². The fourth-order valence-electron chi connectivity index (χ4n) is 1.89. The molecule has 0 heterocycles. The average Bonchev–Trinajstić information content (AvgIpc) is 2.52. The topological polar surface area (TPSA) is 98.5 Å². The highest BCUT2D eigenvalue weighted by atomic mass is 32.2. The van der Waals surface area contributed by atoms with Gasteiger partial charge in [0.25, 0.3) is 5.91 Å². The number of rotatable bonds is 6. The minimum Gasteiger partial charge on any atom is -0.435 e. The van der Waals surface area contributed by atoms with E-state index in [1.807, 2.05) is 0 Å². The van der Waals surface area contributed by atoms with Crippen molar-refractivity contribution >= 4 is 15.9 Å². The van der Waals surface area contributed by atoms with Gasteiger partial charge in [-0.3, -0.25) is 4.79 Å². The van der Waals surface area contributed by atoms with Crippen LogP contribution in [0.3, 0.4) is 0 Å². The predicted octanol–water partition coefficient (Wildman–Crippen LogP) is 1.87. The Bertz CT molecular complexity index is 824. The van der Waals surface area contributed by atoms with Crippen LogP contribution in [-0.4, -0.2) is 20.9 Å². The molecule has 0 saturated heterocycles.